The van der Waals surface area contributed by atoms with Crippen molar-refractivity contribution in [1.29, 1.82) is 0 Å². The highest BCUT2D eigenvalue weighted by atomic mass is 15.1. The molecule has 0 atom stereocenters. The fourth-order valence-electron chi connectivity index (χ4n) is 2.20. The Morgan fingerprint density at radius 2 is 1.84 bits per heavy atom. The van der Waals surface area contributed by atoms with Gasteiger partial charge in [0.2, 0.25) is 0 Å². The summed E-state index contributed by atoms with van der Waals surface area (Å²) in [6, 6.07) is 12.8. The molecule has 3 heteroatoms. The maximum atomic E-state index is 4.23. The highest BCUT2D eigenvalue weighted by Gasteiger charge is 2.03. The second kappa shape index (κ2) is 6.34. The van der Waals surface area contributed by atoms with E-state index in [4.69, 9.17) is 0 Å². The predicted octanol–water partition coefficient (Wildman–Crippen LogP) is 3.06. The van der Waals surface area contributed by atoms with Gasteiger partial charge in [0.05, 0.1) is 0 Å². The third-order valence-electron chi connectivity index (χ3n) is 3.07. The van der Waals surface area contributed by atoms with E-state index in [9.17, 15) is 0 Å². The lowest BCUT2D eigenvalue weighted by Crippen LogP contribution is -2.17. The molecule has 1 N–H and O–H groups in total. The number of nitrogens with zero attached hydrogens (tertiary/aromatic N) is 2. The van der Waals surface area contributed by atoms with Crippen molar-refractivity contribution in [1.82, 2.24) is 9.88 Å². The van der Waals surface area contributed by atoms with Crippen molar-refractivity contribution in [3.8, 4) is 0 Å². The summed E-state index contributed by atoms with van der Waals surface area (Å²) in [4.78, 5) is 6.54. The first-order valence-corrected chi connectivity index (χ1v) is 6.54. The first-order valence-electron chi connectivity index (χ1n) is 6.54. The number of benzene rings is 1. The minimum Gasteiger partial charge on any atom is -0.373 e. The van der Waals surface area contributed by atoms with Crippen molar-refractivity contribution in [2.24, 2.45) is 0 Å². The first-order chi connectivity index (χ1) is 9.17. The number of nitrogens with one attached hydrogen (secondary N) is 1. The average Bonchev–Trinajstić information content (AvgIpc) is 2.38. The van der Waals surface area contributed by atoms with E-state index in [1.54, 1.807) is 0 Å². The number of pyridine rings is 1. The van der Waals surface area contributed by atoms with Crippen LogP contribution in [0.15, 0.2) is 42.6 Å². The van der Waals surface area contributed by atoms with Gasteiger partial charge in [-0.15, -0.1) is 0 Å². The molecule has 100 valence electrons. The Kier molecular flexibility index (Phi) is 4.53. The highest BCUT2D eigenvalue weighted by Crippen LogP contribution is 2.11. The second-order valence-corrected chi connectivity index (χ2v) is 4.96. The second-order valence-electron chi connectivity index (χ2n) is 4.96. The minimum atomic E-state index is 0.918. The average molecular weight is 255 g/mol. The maximum Gasteiger partial charge on any atom is 0.125 e. The van der Waals surface area contributed by atoms with E-state index in [1.807, 2.05) is 13.2 Å². The van der Waals surface area contributed by atoms with E-state index in [1.165, 1.54) is 16.7 Å². The molecule has 0 bridgehead atoms. The maximum absolute atomic E-state index is 4.23. The molecular formula is C16H21N3. The van der Waals surface area contributed by atoms with Gasteiger partial charge in [0, 0.05) is 26.3 Å². The molecular weight excluding hydrogens is 234 g/mol. The van der Waals surface area contributed by atoms with Crippen LogP contribution in [0.2, 0.25) is 0 Å². The molecule has 0 aliphatic heterocycles. The number of hydrogen-bond acceptors (Lipinski definition) is 3. The molecule has 2 rings (SSSR count). The summed E-state index contributed by atoms with van der Waals surface area (Å²) in [6.45, 7) is 4.01. The van der Waals surface area contributed by atoms with Crippen molar-refractivity contribution < 1.29 is 0 Å². The third kappa shape index (κ3) is 4.07. The van der Waals surface area contributed by atoms with Crippen LogP contribution in [0.25, 0.3) is 0 Å². The Balaban J connectivity index is 1.98. The van der Waals surface area contributed by atoms with Crippen LogP contribution < -0.4 is 5.32 Å². The number of aryl methyl sites for hydroxylation is 1. The molecule has 2 aromatic rings. The van der Waals surface area contributed by atoms with Gasteiger partial charge in [0.1, 0.15) is 5.82 Å². The first kappa shape index (κ1) is 13.6. The number of anilines is 1. The van der Waals surface area contributed by atoms with Crippen LogP contribution in [0, 0.1) is 6.92 Å². The lowest BCUT2D eigenvalue weighted by molar-refractivity contribution is 0.319. The van der Waals surface area contributed by atoms with Crippen LogP contribution in [0.5, 0.6) is 0 Å². The van der Waals surface area contributed by atoms with Crippen LogP contribution in [0.4, 0.5) is 5.82 Å². The van der Waals surface area contributed by atoms with Crippen LogP contribution in [0.3, 0.4) is 0 Å². The summed E-state index contributed by atoms with van der Waals surface area (Å²) >= 11 is 0. The van der Waals surface area contributed by atoms with E-state index < -0.39 is 0 Å². The summed E-state index contributed by atoms with van der Waals surface area (Å²) in [5.74, 6) is 0.918. The summed E-state index contributed by atoms with van der Waals surface area (Å²) < 4.78 is 0. The van der Waals surface area contributed by atoms with E-state index in [2.05, 4.69) is 65.6 Å². The topological polar surface area (TPSA) is 28.2 Å². The lowest BCUT2D eigenvalue weighted by Gasteiger charge is -2.17. The minimum absolute atomic E-state index is 0.918. The molecule has 0 aliphatic rings. The fraction of sp³-hybridized carbons (Fsp3) is 0.312. The molecule has 1 heterocycles. The van der Waals surface area contributed by atoms with Crippen LogP contribution in [0.1, 0.15) is 16.7 Å². The van der Waals surface area contributed by atoms with Crippen molar-refractivity contribution in [2.75, 3.05) is 19.4 Å². The molecule has 1 aromatic carbocycles. The van der Waals surface area contributed by atoms with Gasteiger partial charge in [-0.25, -0.2) is 4.98 Å². The molecule has 0 unspecified atom stereocenters. The van der Waals surface area contributed by atoms with Gasteiger partial charge < -0.3 is 5.32 Å². The standard InChI is InChI=1S/C16H21N3/c1-13-5-4-6-14(9-13)11-19(3)12-15-7-8-18-16(10-15)17-2/h4-10H,11-12H2,1-3H3,(H,17,18). The third-order valence-corrected chi connectivity index (χ3v) is 3.07. The van der Waals surface area contributed by atoms with Crippen LogP contribution in [-0.4, -0.2) is 24.0 Å². The van der Waals surface area contributed by atoms with Gasteiger partial charge >= 0.3 is 0 Å². The van der Waals surface area contributed by atoms with Gasteiger partial charge in [-0.05, 0) is 37.2 Å². The quantitative estimate of drug-likeness (QED) is 0.890. The normalized spacial score (nSPS) is 10.7. The molecule has 0 saturated carbocycles. The summed E-state index contributed by atoms with van der Waals surface area (Å²) in [6.07, 6.45) is 1.85. The van der Waals surface area contributed by atoms with Crippen molar-refractivity contribution >= 4 is 5.82 Å². The van der Waals surface area contributed by atoms with Crippen molar-refractivity contribution in [3.63, 3.8) is 0 Å². The van der Waals surface area contributed by atoms with E-state index in [0.717, 1.165) is 18.9 Å². The molecule has 0 aliphatic carbocycles. The van der Waals surface area contributed by atoms with Crippen molar-refractivity contribution in [3.05, 3.63) is 59.3 Å². The number of aromatic nitrogens is 1. The zero-order valence-electron chi connectivity index (χ0n) is 11.9. The molecule has 0 saturated heterocycles. The Morgan fingerprint density at radius 1 is 1.11 bits per heavy atom. The Hall–Kier alpha value is -1.87. The molecule has 0 fully saturated rings. The number of hydrogen-bond donors (Lipinski definition) is 1. The van der Waals surface area contributed by atoms with E-state index in [-0.39, 0.29) is 0 Å². The lowest BCUT2D eigenvalue weighted by atomic mass is 10.1. The Bertz CT molecular complexity index is 537. The number of rotatable bonds is 5. The summed E-state index contributed by atoms with van der Waals surface area (Å²) in [5, 5.41) is 3.07. The SMILES string of the molecule is CNc1cc(CN(C)Cc2cccc(C)c2)ccn1. The Morgan fingerprint density at radius 3 is 2.53 bits per heavy atom. The van der Waals surface area contributed by atoms with Gasteiger partial charge in [-0.1, -0.05) is 29.8 Å². The van der Waals surface area contributed by atoms with Gasteiger partial charge in [-0.3, -0.25) is 4.90 Å². The predicted molar refractivity (Wildman–Crippen MR) is 80.1 cm³/mol. The monoisotopic (exact) mass is 255 g/mol. The zero-order chi connectivity index (χ0) is 13.7. The van der Waals surface area contributed by atoms with Gasteiger partial charge in [0.25, 0.3) is 0 Å². The van der Waals surface area contributed by atoms with Gasteiger partial charge in [-0.2, -0.15) is 0 Å². The summed E-state index contributed by atoms with van der Waals surface area (Å²) in [7, 11) is 4.03. The largest absolute Gasteiger partial charge is 0.373 e. The molecule has 3 nitrogen and oxygen atoms in total. The Labute approximate surface area is 115 Å². The van der Waals surface area contributed by atoms with E-state index in [0.29, 0.717) is 0 Å². The molecule has 0 spiro atoms. The van der Waals surface area contributed by atoms with Gasteiger partial charge in [0.15, 0.2) is 0 Å². The molecule has 0 radical (unpaired) electrons. The zero-order valence-corrected chi connectivity index (χ0v) is 11.9. The van der Waals surface area contributed by atoms with E-state index >= 15 is 0 Å². The van der Waals surface area contributed by atoms with Crippen molar-refractivity contribution in [2.45, 2.75) is 20.0 Å². The van der Waals surface area contributed by atoms with Crippen LogP contribution >= 0.6 is 0 Å². The smallest absolute Gasteiger partial charge is 0.125 e. The molecule has 0 amide bonds. The highest BCUT2D eigenvalue weighted by molar-refractivity contribution is 5.36. The molecule has 1 aromatic heterocycles. The molecule has 19 heavy (non-hydrogen) atoms. The fourth-order valence-corrected chi connectivity index (χ4v) is 2.20. The van der Waals surface area contributed by atoms with Crippen LogP contribution in [-0.2, 0) is 13.1 Å². The summed E-state index contributed by atoms with van der Waals surface area (Å²) in [5.41, 5.74) is 3.94.